The van der Waals surface area contributed by atoms with Gasteiger partial charge in [-0.2, -0.15) is 0 Å². The summed E-state index contributed by atoms with van der Waals surface area (Å²) >= 11 is 0. The molecule has 1 aliphatic rings. The summed E-state index contributed by atoms with van der Waals surface area (Å²) in [5.74, 6) is 0.131. The monoisotopic (exact) mass is 279 g/mol. The lowest BCUT2D eigenvalue weighted by Gasteiger charge is -2.26. The summed E-state index contributed by atoms with van der Waals surface area (Å²) in [5, 5.41) is 0. The third-order valence-corrected chi connectivity index (χ3v) is 4.24. The van der Waals surface area contributed by atoms with E-state index in [1.165, 1.54) is 6.42 Å². The zero-order valence-electron chi connectivity index (χ0n) is 11.8. The number of hydrogen-bond acceptors (Lipinski definition) is 2. The molecular formula is C17H17N3O. The minimum absolute atomic E-state index is 0.131. The molecule has 0 radical (unpaired) electrons. The van der Waals surface area contributed by atoms with Gasteiger partial charge in [-0.25, -0.2) is 0 Å². The number of fused-ring (bicyclic) bond motifs is 3. The van der Waals surface area contributed by atoms with Crippen LogP contribution in [0.1, 0.15) is 29.6 Å². The van der Waals surface area contributed by atoms with Crippen LogP contribution in [-0.4, -0.2) is 33.3 Å². The molecule has 4 nitrogen and oxygen atoms in total. The van der Waals surface area contributed by atoms with Gasteiger partial charge in [-0.1, -0.05) is 0 Å². The van der Waals surface area contributed by atoms with Crippen molar-refractivity contribution in [2.24, 2.45) is 0 Å². The maximum absolute atomic E-state index is 12.5. The Hall–Kier alpha value is -2.36. The predicted molar refractivity (Wildman–Crippen MR) is 82.5 cm³/mol. The molecule has 0 atom stereocenters. The summed E-state index contributed by atoms with van der Waals surface area (Å²) in [6, 6.07) is 9.85. The molecule has 1 amide bonds. The highest BCUT2D eigenvalue weighted by Crippen LogP contribution is 2.19. The van der Waals surface area contributed by atoms with Gasteiger partial charge >= 0.3 is 0 Å². The fourth-order valence-electron chi connectivity index (χ4n) is 3.10. The van der Waals surface area contributed by atoms with Crippen LogP contribution in [0.15, 0.2) is 42.7 Å². The van der Waals surface area contributed by atoms with Crippen LogP contribution in [0.25, 0.3) is 16.6 Å². The van der Waals surface area contributed by atoms with E-state index in [0.717, 1.165) is 48.0 Å². The second-order valence-corrected chi connectivity index (χ2v) is 5.62. The van der Waals surface area contributed by atoms with Crippen LogP contribution in [-0.2, 0) is 0 Å². The van der Waals surface area contributed by atoms with Gasteiger partial charge in [0.25, 0.3) is 5.91 Å². The predicted octanol–water partition coefficient (Wildman–Crippen LogP) is 3.11. The molecule has 0 aliphatic carbocycles. The molecular weight excluding hydrogens is 262 g/mol. The highest BCUT2D eigenvalue weighted by Gasteiger charge is 2.18. The molecule has 3 heterocycles. The molecule has 1 fully saturated rings. The molecule has 0 bridgehead atoms. The average molecular weight is 279 g/mol. The largest absolute Gasteiger partial charge is 0.339 e. The highest BCUT2D eigenvalue weighted by molar-refractivity contribution is 5.97. The first-order valence-corrected chi connectivity index (χ1v) is 7.48. The summed E-state index contributed by atoms with van der Waals surface area (Å²) < 4.78 is 2.09. The van der Waals surface area contributed by atoms with E-state index in [2.05, 4.69) is 9.38 Å². The molecule has 0 N–H and O–H groups in total. The fraction of sp³-hybridized carbons (Fsp3) is 0.294. The standard InChI is InChI=1S/C17H17N3O/c21-17(19-8-2-1-3-9-19)13-6-7-16-15(11-13)18-12-14-5-4-10-20(14)16/h4-7,10-12H,1-3,8-9H2. The lowest BCUT2D eigenvalue weighted by molar-refractivity contribution is 0.0724. The van der Waals surface area contributed by atoms with E-state index < -0.39 is 0 Å². The maximum atomic E-state index is 12.5. The molecule has 106 valence electrons. The quantitative estimate of drug-likeness (QED) is 0.686. The zero-order chi connectivity index (χ0) is 14.2. The molecule has 1 saturated heterocycles. The van der Waals surface area contributed by atoms with E-state index in [1.807, 2.05) is 47.6 Å². The number of amides is 1. The van der Waals surface area contributed by atoms with Crippen molar-refractivity contribution in [1.82, 2.24) is 14.3 Å². The molecule has 0 saturated carbocycles. The van der Waals surface area contributed by atoms with Crippen molar-refractivity contribution in [1.29, 1.82) is 0 Å². The number of piperidine rings is 1. The van der Waals surface area contributed by atoms with E-state index in [-0.39, 0.29) is 5.91 Å². The van der Waals surface area contributed by atoms with Crippen LogP contribution in [0.4, 0.5) is 0 Å². The van der Waals surface area contributed by atoms with Gasteiger partial charge in [0.1, 0.15) is 0 Å². The third-order valence-electron chi connectivity index (χ3n) is 4.24. The first-order valence-electron chi connectivity index (χ1n) is 7.48. The number of likely N-dealkylation sites (tertiary alicyclic amines) is 1. The van der Waals surface area contributed by atoms with Gasteiger partial charge in [0.05, 0.1) is 22.7 Å². The van der Waals surface area contributed by atoms with Crippen LogP contribution in [0.3, 0.4) is 0 Å². The average Bonchev–Trinajstić information content (AvgIpc) is 3.03. The number of rotatable bonds is 1. The summed E-state index contributed by atoms with van der Waals surface area (Å²) in [6.45, 7) is 1.75. The van der Waals surface area contributed by atoms with E-state index in [0.29, 0.717) is 0 Å². The minimum Gasteiger partial charge on any atom is -0.339 e. The van der Waals surface area contributed by atoms with Crippen LogP contribution in [0.5, 0.6) is 0 Å². The Bertz CT molecular complexity index is 815. The van der Waals surface area contributed by atoms with Gasteiger partial charge in [0.2, 0.25) is 0 Å². The summed E-state index contributed by atoms with van der Waals surface area (Å²) in [4.78, 5) is 19.0. The van der Waals surface area contributed by atoms with Crippen molar-refractivity contribution < 1.29 is 4.79 Å². The lowest BCUT2D eigenvalue weighted by Crippen LogP contribution is -2.35. The normalized spacial score (nSPS) is 15.7. The van der Waals surface area contributed by atoms with Crippen molar-refractivity contribution in [2.45, 2.75) is 19.3 Å². The van der Waals surface area contributed by atoms with E-state index >= 15 is 0 Å². The number of carbonyl (C=O) groups is 1. The molecule has 21 heavy (non-hydrogen) atoms. The molecule has 1 aromatic carbocycles. The lowest BCUT2D eigenvalue weighted by atomic mass is 10.1. The van der Waals surface area contributed by atoms with E-state index in [1.54, 1.807) is 0 Å². The SMILES string of the molecule is O=C(c1ccc2c(c1)ncc1cccn12)N1CCCCC1. The van der Waals surface area contributed by atoms with Crippen molar-refractivity contribution >= 4 is 22.5 Å². The number of aromatic nitrogens is 2. The van der Waals surface area contributed by atoms with Crippen LogP contribution in [0, 0.1) is 0 Å². The van der Waals surface area contributed by atoms with Crippen LogP contribution >= 0.6 is 0 Å². The van der Waals surface area contributed by atoms with Crippen molar-refractivity contribution in [3.8, 4) is 0 Å². The molecule has 0 unspecified atom stereocenters. The molecule has 2 aromatic heterocycles. The molecule has 4 heteroatoms. The summed E-state index contributed by atoms with van der Waals surface area (Å²) in [5.41, 5.74) is 3.70. The van der Waals surface area contributed by atoms with Crippen LogP contribution in [0.2, 0.25) is 0 Å². The molecule has 0 spiro atoms. The number of carbonyl (C=O) groups excluding carboxylic acids is 1. The highest BCUT2D eigenvalue weighted by atomic mass is 16.2. The van der Waals surface area contributed by atoms with Gasteiger partial charge < -0.3 is 9.30 Å². The topological polar surface area (TPSA) is 37.6 Å². The number of benzene rings is 1. The van der Waals surface area contributed by atoms with E-state index in [4.69, 9.17) is 0 Å². The second kappa shape index (κ2) is 4.88. The smallest absolute Gasteiger partial charge is 0.253 e. The molecule has 1 aliphatic heterocycles. The van der Waals surface area contributed by atoms with Crippen molar-refractivity contribution in [2.75, 3.05) is 13.1 Å². The zero-order valence-corrected chi connectivity index (χ0v) is 11.8. The second-order valence-electron chi connectivity index (χ2n) is 5.62. The Morgan fingerprint density at radius 3 is 2.81 bits per heavy atom. The Kier molecular flexibility index (Phi) is 2.88. The van der Waals surface area contributed by atoms with Gasteiger partial charge in [-0.3, -0.25) is 9.78 Å². The summed E-state index contributed by atoms with van der Waals surface area (Å²) in [6.07, 6.45) is 7.32. The van der Waals surface area contributed by atoms with Crippen LogP contribution < -0.4 is 0 Å². The Labute approximate surface area is 123 Å². The Balaban J connectivity index is 1.76. The van der Waals surface area contributed by atoms with Gasteiger partial charge in [-0.05, 0) is 49.6 Å². The first kappa shape index (κ1) is 12.4. The molecule has 4 rings (SSSR count). The Morgan fingerprint density at radius 1 is 1.10 bits per heavy atom. The number of nitrogens with zero attached hydrogens (tertiary/aromatic N) is 3. The number of hydrogen-bond donors (Lipinski definition) is 0. The third kappa shape index (κ3) is 2.07. The van der Waals surface area contributed by atoms with Crippen molar-refractivity contribution in [3.63, 3.8) is 0 Å². The van der Waals surface area contributed by atoms with E-state index in [9.17, 15) is 4.79 Å². The Morgan fingerprint density at radius 2 is 1.95 bits per heavy atom. The van der Waals surface area contributed by atoms with Gasteiger partial charge in [-0.15, -0.1) is 0 Å². The van der Waals surface area contributed by atoms with Gasteiger partial charge in [0.15, 0.2) is 0 Å². The minimum atomic E-state index is 0.131. The first-order chi connectivity index (χ1) is 10.3. The molecule has 3 aromatic rings. The summed E-state index contributed by atoms with van der Waals surface area (Å²) in [7, 11) is 0. The van der Waals surface area contributed by atoms with Gasteiger partial charge in [0, 0.05) is 24.8 Å². The maximum Gasteiger partial charge on any atom is 0.253 e. The van der Waals surface area contributed by atoms with Crippen molar-refractivity contribution in [3.05, 3.63) is 48.3 Å². The fourth-order valence-corrected chi connectivity index (χ4v) is 3.10.